The lowest BCUT2D eigenvalue weighted by atomic mass is 10.5. The van der Waals surface area contributed by atoms with Crippen LogP contribution < -0.4 is 0 Å². The molecule has 0 rings (SSSR count). The third-order valence-electron chi connectivity index (χ3n) is 1.28. The van der Waals surface area contributed by atoms with Crippen molar-refractivity contribution in [2.45, 2.75) is 20.3 Å². The molecule has 0 unspecified atom stereocenters. The molecule has 0 fully saturated rings. The van der Waals surface area contributed by atoms with Crippen LogP contribution in [0, 0.1) is 0 Å². The normalized spacial score (nSPS) is 10.8. The molecule has 0 atom stereocenters. The van der Waals surface area contributed by atoms with Gasteiger partial charge in [-0.25, -0.2) is 0 Å². The van der Waals surface area contributed by atoms with Gasteiger partial charge in [0.2, 0.25) is 0 Å². The first-order valence-electron chi connectivity index (χ1n) is 3.83. The largest absolute Gasteiger partial charge is 0.396 e. The minimum absolute atomic E-state index is 0.210. The summed E-state index contributed by atoms with van der Waals surface area (Å²) in [6.45, 7) is 6.73. The molecule has 62 valence electrons. The molecule has 0 bridgehead atoms. The van der Waals surface area contributed by atoms with Crippen molar-refractivity contribution >= 4 is 0 Å². The van der Waals surface area contributed by atoms with Crippen molar-refractivity contribution in [2.75, 3.05) is 26.3 Å². The second-order valence-electron chi connectivity index (χ2n) is 2.02. The van der Waals surface area contributed by atoms with Crippen LogP contribution in [0.5, 0.6) is 0 Å². The zero-order valence-electron chi connectivity index (χ0n) is 6.84. The van der Waals surface area contributed by atoms with Gasteiger partial charge >= 0.3 is 0 Å². The van der Waals surface area contributed by atoms with Gasteiger partial charge in [0.15, 0.2) is 0 Å². The third kappa shape index (κ3) is 4.73. The van der Waals surface area contributed by atoms with Crippen molar-refractivity contribution in [3.63, 3.8) is 0 Å². The van der Waals surface area contributed by atoms with E-state index >= 15 is 0 Å². The van der Waals surface area contributed by atoms with Crippen LogP contribution in [-0.4, -0.2) is 36.5 Å². The van der Waals surface area contributed by atoms with Gasteiger partial charge in [0, 0.05) is 19.7 Å². The smallest absolute Gasteiger partial charge is 0.0706 e. The van der Waals surface area contributed by atoms with Gasteiger partial charge < -0.3 is 5.11 Å². The van der Waals surface area contributed by atoms with E-state index in [-0.39, 0.29) is 6.61 Å². The maximum Gasteiger partial charge on any atom is 0.0706 e. The molecule has 0 radical (unpaired) electrons. The van der Waals surface area contributed by atoms with Gasteiger partial charge in [-0.05, 0) is 6.42 Å². The number of nitrogens with zero attached hydrogens (tertiary/aromatic N) is 1. The summed E-state index contributed by atoms with van der Waals surface area (Å²) < 4.78 is 0. The van der Waals surface area contributed by atoms with Gasteiger partial charge in [-0.2, -0.15) is 5.06 Å². The Morgan fingerprint density at radius 3 is 2.30 bits per heavy atom. The van der Waals surface area contributed by atoms with Crippen LogP contribution in [-0.2, 0) is 4.84 Å². The Bertz CT molecular complexity index is 64.6. The number of hydrogen-bond donors (Lipinski definition) is 1. The third-order valence-corrected chi connectivity index (χ3v) is 1.28. The average Bonchev–Trinajstić information content (AvgIpc) is 1.99. The molecule has 3 nitrogen and oxygen atoms in total. The van der Waals surface area contributed by atoms with Crippen LogP contribution in [0.25, 0.3) is 0 Å². The predicted octanol–water partition coefficient (Wildman–Crippen LogP) is 0.642. The van der Waals surface area contributed by atoms with Crippen molar-refractivity contribution < 1.29 is 9.94 Å². The van der Waals surface area contributed by atoms with E-state index < -0.39 is 0 Å². The Hall–Kier alpha value is -0.120. The number of rotatable bonds is 6. The molecule has 0 aliphatic rings. The SMILES string of the molecule is CCN(CC)OCCCO. The summed E-state index contributed by atoms with van der Waals surface area (Å²) in [5.41, 5.74) is 0. The Labute approximate surface area is 62.6 Å². The highest BCUT2D eigenvalue weighted by molar-refractivity contribution is 4.35. The minimum Gasteiger partial charge on any atom is -0.396 e. The molecule has 0 aromatic carbocycles. The fourth-order valence-corrected chi connectivity index (χ4v) is 0.664. The van der Waals surface area contributed by atoms with Crippen LogP contribution in [0.2, 0.25) is 0 Å². The van der Waals surface area contributed by atoms with Gasteiger partial charge in [0.05, 0.1) is 6.61 Å². The van der Waals surface area contributed by atoms with E-state index in [0.717, 1.165) is 19.5 Å². The van der Waals surface area contributed by atoms with E-state index in [1.807, 2.05) is 18.9 Å². The summed E-state index contributed by atoms with van der Waals surface area (Å²) >= 11 is 0. The predicted molar refractivity (Wildman–Crippen MR) is 40.6 cm³/mol. The van der Waals surface area contributed by atoms with Crippen molar-refractivity contribution in [3.05, 3.63) is 0 Å². The van der Waals surface area contributed by atoms with E-state index in [0.29, 0.717) is 6.61 Å². The maximum atomic E-state index is 8.43. The van der Waals surface area contributed by atoms with Gasteiger partial charge in [0.1, 0.15) is 0 Å². The van der Waals surface area contributed by atoms with Crippen LogP contribution >= 0.6 is 0 Å². The standard InChI is InChI=1S/C7H17NO2/c1-3-8(4-2)10-7-5-6-9/h9H,3-7H2,1-2H3. The van der Waals surface area contributed by atoms with E-state index in [1.54, 1.807) is 0 Å². The molecule has 1 N–H and O–H groups in total. The number of hydrogen-bond acceptors (Lipinski definition) is 3. The Balaban J connectivity index is 3.09. The molecule has 0 aliphatic heterocycles. The van der Waals surface area contributed by atoms with Crippen molar-refractivity contribution in [1.82, 2.24) is 5.06 Å². The van der Waals surface area contributed by atoms with E-state index in [1.165, 1.54) is 0 Å². The lowest BCUT2D eigenvalue weighted by Crippen LogP contribution is -2.23. The molecular formula is C7H17NO2. The van der Waals surface area contributed by atoms with E-state index in [4.69, 9.17) is 9.94 Å². The summed E-state index contributed by atoms with van der Waals surface area (Å²) in [4.78, 5) is 5.25. The molecule has 0 heterocycles. The molecule has 3 heteroatoms. The van der Waals surface area contributed by atoms with Crippen LogP contribution in [0.3, 0.4) is 0 Å². The van der Waals surface area contributed by atoms with Gasteiger partial charge in [-0.1, -0.05) is 13.8 Å². The minimum atomic E-state index is 0.210. The lowest BCUT2D eigenvalue weighted by molar-refractivity contribution is -0.154. The van der Waals surface area contributed by atoms with Crippen molar-refractivity contribution in [3.8, 4) is 0 Å². The molecule has 0 saturated heterocycles. The number of aliphatic hydroxyl groups is 1. The summed E-state index contributed by atoms with van der Waals surface area (Å²) in [6, 6.07) is 0. The highest BCUT2D eigenvalue weighted by Gasteiger charge is 1.96. The topological polar surface area (TPSA) is 32.7 Å². The summed E-state index contributed by atoms with van der Waals surface area (Å²) in [5.74, 6) is 0. The van der Waals surface area contributed by atoms with Crippen LogP contribution in [0.4, 0.5) is 0 Å². The maximum absolute atomic E-state index is 8.43. The van der Waals surface area contributed by atoms with Gasteiger partial charge in [-0.15, -0.1) is 0 Å². The van der Waals surface area contributed by atoms with E-state index in [9.17, 15) is 0 Å². The average molecular weight is 147 g/mol. The van der Waals surface area contributed by atoms with Gasteiger partial charge in [-0.3, -0.25) is 4.84 Å². The molecule has 0 spiro atoms. The summed E-state index contributed by atoms with van der Waals surface area (Å²) in [6.07, 6.45) is 0.719. The first kappa shape index (κ1) is 9.88. The molecular weight excluding hydrogens is 130 g/mol. The highest BCUT2D eigenvalue weighted by Crippen LogP contribution is 1.89. The molecule has 10 heavy (non-hydrogen) atoms. The number of hydroxylamine groups is 2. The second-order valence-corrected chi connectivity index (χ2v) is 2.02. The number of aliphatic hydroxyl groups excluding tert-OH is 1. The molecule has 0 saturated carbocycles. The Morgan fingerprint density at radius 1 is 1.30 bits per heavy atom. The zero-order chi connectivity index (χ0) is 7.82. The first-order valence-corrected chi connectivity index (χ1v) is 3.83. The monoisotopic (exact) mass is 147 g/mol. The van der Waals surface area contributed by atoms with Gasteiger partial charge in [0.25, 0.3) is 0 Å². The van der Waals surface area contributed by atoms with Crippen LogP contribution in [0.15, 0.2) is 0 Å². The summed E-state index contributed by atoms with van der Waals surface area (Å²) in [7, 11) is 0. The van der Waals surface area contributed by atoms with Crippen molar-refractivity contribution in [1.29, 1.82) is 0 Å². The molecule has 0 aliphatic carbocycles. The summed E-state index contributed by atoms with van der Waals surface area (Å²) in [5, 5.41) is 10.3. The van der Waals surface area contributed by atoms with Crippen LogP contribution in [0.1, 0.15) is 20.3 Å². The zero-order valence-corrected chi connectivity index (χ0v) is 6.84. The quantitative estimate of drug-likeness (QED) is 0.442. The van der Waals surface area contributed by atoms with Crippen molar-refractivity contribution in [2.24, 2.45) is 0 Å². The Morgan fingerprint density at radius 2 is 1.90 bits per heavy atom. The fourth-order valence-electron chi connectivity index (χ4n) is 0.664. The molecule has 0 amide bonds. The highest BCUT2D eigenvalue weighted by atomic mass is 16.7. The Kier molecular flexibility index (Phi) is 6.91. The van der Waals surface area contributed by atoms with E-state index in [2.05, 4.69) is 0 Å². The molecule has 0 aromatic heterocycles. The fraction of sp³-hybridized carbons (Fsp3) is 1.00. The second kappa shape index (κ2) is 6.99. The lowest BCUT2D eigenvalue weighted by Gasteiger charge is -2.16. The molecule has 0 aromatic rings. The first-order chi connectivity index (χ1) is 4.85.